The Morgan fingerprint density at radius 1 is 1.33 bits per heavy atom. The summed E-state index contributed by atoms with van der Waals surface area (Å²) in [6.45, 7) is 1.53. The van der Waals surface area contributed by atoms with Crippen molar-refractivity contribution in [3.63, 3.8) is 0 Å². The molecule has 1 atom stereocenters. The molecule has 1 fully saturated rings. The molecule has 0 radical (unpaired) electrons. The van der Waals surface area contributed by atoms with Crippen molar-refractivity contribution in [1.29, 1.82) is 0 Å². The van der Waals surface area contributed by atoms with E-state index in [4.69, 9.17) is 4.74 Å². The Kier molecular flexibility index (Phi) is 6.32. The summed E-state index contributed by atoms with van der Waals surface area (Å²) in [6.07, 6.45) is 3.38. The number of benzene rings is 1. The Morgan fingerprint density at radius 3 is 3.00 bits per heavy atom. The largest absolute Gasteiger partial charge is 0.508 e. The highest BCUT2D eigenvalue weighted by Crippen LogP contribution is 2.16. The van der Waals surface area contributed by atoms with Crippen molar-refractivity contribution >= 4 is 11.8 Å². The fraction of sp³-hybridized carbons (Fsp3) is 0.368. The number of aromatic hydroxyl groups is 1. The smallest absolute Gasteiger partial charge is 0.227 e. The first-order chi connectivity index (χ1) is 13.1. The number of carbonyl (C=O) groups is 2. The molecule has 1 aliphatic heterocycles. The standard InChI is InChI=1S/C19H22N4O4/c24-17-3-1-2-14(8-17)9-19(26)23-6-7-27-12-16(23)10-18(25)21-11-15-4-5-20-13-22-15/h1-5,8,13,16,24H,6-7,9-12H2,(H,21,25)/t16-/m0/s1. The molecule has 8 nitrogen and oxygen atoms in total. The lowest BCUT2D eigenvalue weighted by Gasteiger charge is -2.35. The average Bonchev–Trinajstić information content (AvgIpc) is 2.67. The monoisotopic (exact) mass is 370 g/mol. The maximum atomic E-state index is 12.7. The summed E-state index contributed by atoms with van der Waals surface area (Å²) >= 11 is 0. The summed E-state index contributed by atoms with van der Waals surface area (Å²) in [4.78, 5) is 34.6. The number of amides is 2. The zero-order valence-electron chi connectivity index (χ0n) is 14.9. The minimum absolute atomic E-state index is 0.0856. The van der Waals surface area contributed by atoms with Crippen LogP contribution in [0.5, 0.6) is 5.75 Å². The molecule has 0 bridgehead atoms. The first-order valence-electron chi connectivity index (χ1n) is 8.78. The van der Waals surface area contributed by atoms with E-state index in [0.717, 1.165) is 11.3 Å². The highest BCUT2D eigenvalue weighted by Gasteiger charge is 2.29. The van der Waals surface area contributed by atoms with Crippen LogP contribution in [0.15, 0.2) is 42.9 Å². The summed E-state index contributed by atoms with van der Waals surface area (Å²) < 4.78 is 5.46. The van der Waals surface area contributed by atoms with Crippen LogP contribution in [0.4, 0.5) is 0 Å². The molecule has 0 saturated carbocycles. The van der Waals surface area contributed by atoms with Gasteiger partial charge in [-0.2, -0.15) is 0 Å². The molecule has 1 saturated heterocycles. The normalized spacial score (nSPS) is 16.7. The Balaban J connectivity index is 1.56. The minimum Gasteiger partial charge on any atom is -0.508 e. The van der Waals surface area contributed by atoms with Gasteiger partial charge in [0, 0.05) is 19.2 Å². The molecule has 1 aromatic heterocycles. The molecule has 1 aromatic carbocycles. The lowest BCUT2D eigenvalue weighted by molar-refractivity contribution is -0.141. The minimum atomic E-state index is -0.311. The Bertz CT molecular complexity index is 784. The molecule has 3 rings (SSSR count). The molecule has 2 aromatic rings. The second kappa shape index (κ2) is 9.09. The van der Waals surface area contributed by atoms with E-state index >= 15 is 0 Å². The first-order valence-corrected chi connectivity index (χ1v) is 8.78. The summed E-state index contributed by atoms with van der Waals surface area (Å²) in [5.74, 6) is -0.125. The molecule has 2 N–H and O–H groups in total. The molecule has 2 heterocycles. The number of aromatic nitrogens is 2. The van der Waals surface area contributed by atoms with Gasteiger partial charge in [0.1, 0.15) is 12.1 Å². The van der Waals surface area contributed by atoms with Gasteiger partial charge in [0.25, 0.3) is 0 Å². The SMILES string of the molecule is O=C(C[C@H]1COCCN1C(=O)Cc1cccc(O)c1)NCc1ccncn1. The van der Waals surface area contributed by atoms with Crippen molar-refractivity contribution in [2.24, 2.45) is 0 Å². The van der Waals surface area contributed by atoms with Gasteiger partial charge in [-0.3, -0.25) is 9.59 Å². The zero-order chi connectivity index (χ0) is 19.1. The number of phenolic OH excluding ortho intramolecular Hbond substituents is 1. The van der Waals surface area contributed by atoms with E-state index in [1.807, 2.05) is 0 Å². The van der Waals surface area contributed by atoms with Crippen LogP contribution < -0.4 is 5.32 Å². The number of hydrogen-bond donors (Lipinski definition) is 2. The van der Waals surface area contributed by atoms with Crippen molar-refractivity contribution in [2.75, 3.05) is 19.8 Å². The van der Waals surface area contributed by atoms with E-state index in [9.17, 15) is 14.7 Å². The number of carbonyl (C=O) groups excluding carboxylic acids is 2. The van der Waals surface area contributed by atoms with Crippen LogP contribution in [-0.2, 0) is 27.3 Å². The van der Waals surface area contributed by atoms with Crippen LogP contribution in [0.2, 0.25) is 0 Å². The predicted molar refractivity (Wildman–Crippen MR) is 96.6 cm³/mol. The Morgan fingerprint density at radius 2 is 2.22 bits per heavy atom. The molecular formula is C19H22N4O4. The number of rotatable bonds is 6. The van der Waals surface area contributed by atoms with Crippen LogP contribution in [0.3, 0.4) is 0 Å². The number of ether oxygens (including phenoxy) is 1. The summed E-state index contributed by atoms with van der Waals surface area (Å²) in [6, 6.07) is 8.05. The highest BCUT2D eigenvalue weighted by atomic mass is 16.5. The summed E-state index contributed by atoms with van der Waals surface area (Å²) in [7, 11) is 0. The van der Waals surface area contributed by atoms with E-state index < -0.39 is 0 Å². The molecule has 2 amide bonds. The van der Waals surface area contributed by atoms with E-state index in [2.05, 4.69) is 15.3 Å². The van der Waals surface area contributed by atoms with Gasteiger partial charge >= 0.3 is 0 Å². The van der Waals surface area contributed by atoms with Crippen LogP contribution in [0, 0.1) is 0 Å². The fourth-order valence-electron chi connectivity index (χ4n) is 2.99. The highest BCUT2D eigenvalue weighted by molar-refractivity contribution is 5.81. The van der Waals surface area contributed by atoms with E-state index in [-0.39, 0.29) is 36.4 Å². The molecule has 8 heteroatoms. The molecule has 0 aliphatic carbocycles. The van der Waals surface area contributed by atoms with E-state index in [0.29, 0.717) is 26.3 Å². The van der Waals surface area contributed by atoms with Gasteiger partial charge in [0.15, 0.2) is 0 Å². The van der Waals surface area contributed by atoms with Crippen molar-refractivity contribution in [3.8, 4) is 5.75 Å². The fourth-order valence-corrected chi connectivity index (χ4v) is 2.99. The number of phenols is 1. The van der Waals surface area contributed by atoms with Gasteiger partial charge in [-0.25, -0.2) is 9.97 Å². The first kappa shape index (κ1) is 18.8. The number of nitrogens with zero attached hydrogens (tertiary/aromatic N) is 3. The molecule has 27 heavy (non-hydrogen) atoms. The van der Waals surface area contributed by atoms with Crippen LogP contribution >= 0.6 is 0 Å². The van der Waals surface area contributed by atoms with Crippen molar-refractivity contribution in [3.05, 3.63) is 54.1 Å². The number of nitrogens with one attached hydrogen (secondary N) is 1. The molecular weight excluding hydrogens is 348 g/mol. The third-order valence-electron chi connectivity index (χ3n) is 4.34. The second-order valence-corrected chi connectivity index (χ2v) is 6.34. The summed E-state index contributed by atoms with van der Waals surface area (Å²) in [5.41, 5.74) is 1.45. The predicted octanol–water partition coefficient (Wildman–Crippen LogP) is 0.659. The number of hydrogen-bond acceptors (Lipinski definition) is 6. The molecule has 0 spiro atoms. The van der Waals surface area contributed by atoms with Crippen LogP contribution in [-0.4, -0.2) is 57.6 Å². The van der Waals surface area contributed by atoms with Crippen LogP contribution in [0.1, 0.15) is 17.7 Å². The van der Waals surface area contributed by atoms with Gasteiger partial charge in [-0.1, -0.05) is 12.1 Å². The van der Waals surface area contributed by atoms with Gasteiger partial charge in [0.05, 0.1) is 37.9 Å². The van der Waals surface area contributed by atoms with Gasteiger partial charge < -0.3 is 20.1 Å². The third kappa shape index (κ3) is 5.49. The van der Waals surface area contributed by atoms with E-state index in [1.54, 1.807) is 41.4 Å². The van der Waals surface area contributed by atoms with Crippen molar-refractivity contribution < 1.29 is 19.4 Å². The Labute approximate surface area is 157 Å². The van der Waals surface area contributed by atoms with Crippen molar-refractivity contribution in [2.45, 2.75) is 25.4 Å². The second-order valence-electron chi connectivity index (χ2n) is 6.34. The van der Waals surface area contributed by atoms with Gasteiger partial charge in [-0.05, 0) is 23.8 Å². The molecule has 1 aliphatic rings. The van der Waals surface area contributed by atoms with Gasteiger partial charge in [-0.15, -0.1) is 0 Å². The van der Waals surface area contributed by atoms with E-state index in [1.165, 1.54) is 6.33 Å². The lowest BCUT2D eigenvalue weighted by Crippen LogP contribution is -2.51. The zero-order valence-corrected chi connectivity index (χ0v) is 14.9. The molecule has 0 unspecified atom stereocenters. The topological polar surface area (TPSA) is 105 Å². The average molecular weight is 370 g/mol. The summed E-state index contributed by atoms with van der Waals surface area (Å²) in [5, 5.41) is 12.4. The van der Waals surface area contributed by atoms with Crippen LogP contribution in [0.25, 0.3) is 0 Å². The maximum absolute atomic E-state index is 12.7. The maximum Gasteiger partial charge on any atom is 0.227 e. The lowest BCUT2D eigenvalue weighted by atomic mass is 10.1. The Hall–Kier alpha value is -3.00. The van der Waals surface area contributed by atoms with Crippen molar-refractivity contribution in [1.82, 2.24) is 20.2 Å². The quantitative estimate of drug-likeness (QED) is 0.774. The number of morpholine rings is 1. The molecule has 142 valence electrons. The third-order valence-corrected chi connectivity index (χ3v) is 4.34. The van der Waals surface area contributed by atoms with Gasteiger partial charge in [0.2, 0.25) is 11.8 Å².